The molecule has 3 aliphatic carbocycles. The maximum Gasteiger partial charge on any atom is 0.233 e. The number of benzene rings is 1. The molecule has 2 amide bonds. The minimum atomic E-state index is -0.687. The third-order valence-corrected chi connectivity index (χ3v) is 7.66. The topological polar surface area (TPSA) is 101 Å². The fraction of sp³-hybridized carbons (Fsp3) is 0.407. The molecule has 34 heavy (non-hydrogen) atoms. The van der Waals surface area contributed by atoms with Gasteiger partial charge in [0.2, 0.25) is 11.8 Å². The Hall–Kier alpha value is -3.48. The minimum absolute atomic E-state index is 0.0978. The van der Waals surface area contributed by atoms with E-state index in [1.54, 1.807) is 25.1 Å². The van der Waals surface area contributed by atoms with Crippen molar-refractivity contribution in [2.45, 2.75) is 39.0 Å². The molecule has 4 atom stereocenters. The number of likely N-dealkylation sites (tertiary alicyclic amines) is 1. The van der Waals surface area contributed by atoms with Gasteiger partial charge in [-0.25, -0.2) is 0 Å². The maximum atomic E-state index is 13.4. The quantitative estimate of drug-likeness (QED) is 0.420. The number of hydrogen-bond acceptors (Lipinski definition) is 6. The van der Waals surface area contributed by atoms with E-state index in [0.717, 1.165) is 5.57 Å². The number of allylic oxidation sites excluding steroid dienone is 6. The number of ketones is 2. The number of carbonyl (C=O) groups is 4. The molecule has 0 saturated carbocycles. The zero-order chi connectivity index (χ0) is 24.3. The van der Waals surface area contributed by atoms with Crippen LogP contribution >= 0.6 is 0 Å². The standard InChI is InChI=1S/C27H27NO6/c1-4-10-28-26(32)16-9-8-14-17(22(16)27(28)33)12-18-19(29)11-13(2)24(30)23(18)21(14)15-6-5-7-20(34-3)25(15)31/h5-8,11,16-17,21-22,31H,4,9-10,12H2,1-3H3/t16-,17+,21+,22-/m0/s1. The first-order valence-electron chi connectivity index (χ1n) is 11.7. The molecule has 1 N–H and O–H groups in total. The van der Waals surface area contributed by atoms with Crippen LogP contribution in [0.4, 0.5) is 0 Å². The predicted molar refractivity (Wildman–Crippen MR) is 123 cm³/mol. The summed E-state index contributed by atoms with van der Waals surface area (Å²) in [5.41, 5.74) is 2.36. The highest BCUT2D eigenvalue weighted by Crippen LogP contribution is 2.56. The van der Waals surface area contributed by atoms with E-state index < -0.39 is 23.7 Å². The van der Waals surface area contributed by atoms with E-state index in [2.05, 4.69) is 0 Å². The Labute approximate surface area is 197 Å². The van der Waals surface area contributed by atoms with Crippen LogP contribution in [-0.2, 0) is 19.2 Å². The van der Waals surface area contributed by atoms with Crippen molar-refractivity contribution in [3.63, 3.8) is 0 Å². The number of amides is 2. The summed E-state index contributed by atoms with van der Waals surface area (Å²) in [4.78, 5) is 54.2. The first-order chi connectivity index (χ1) is 16.3. The number of para-hydroxylation sites is 1. The number of phenols is 1. The Morgan fingerprint density at radius 3 is 2.59 bits per heavy atom. The van der Waals surface area contributed by atoms with Gasteiger partial charge in [-0.1, -0.05) is 30.7 Å². The molecule has 0 aromatic heterocycles. The third kappa shape index (κ3) is 3.02. The molecule has 176 valence electrons. The van der Waals surface area contributed by atoms with E-state index in [1.807, 2.05) is 13.0 Å². The van der Waals surface area contributed by atoms with Gasteiger partial charge in [0.1, 0.15) is 0 Å². The van der Waals surface area contributed by atoms with E-state index in [1.165, 1.54) is 18.1 Å². The highest BCUT2D eigenvalue weighted by molar-refractivity contribution is 6.24. The lowest BCUT2D eigenvalue weighted by molar-refractivity contribution is -0.140. The molecule has 1 saturated heterocycles. The Bertz CT molecular complexity index is 1240. The summed E-state index contributed by atoms with van der Waals surface area (Å²) in [7, 11) is 1.45. The van der Waals surface area contributed by atoms with Crippen molar-refractivity contribution in [1.82, 2.24) is 4.90 Å². The van der Waals surface area contributed by atoms with E-state index in [9.17, 15) is 24.3 Å². The second-order valence-electron chi connectivity index (χ2n) is 9.45. The molecule has 5 rings (SSSR count). The lowest BCUT2D eigenvalue weighted by atomic mass is 9.59. The van der Waals surface area contributed by atoms with Gasteiger partial charge in [0.05, 0.1) is 18.9 Å². The van der Waals surface area contributed by atoms with Crippen LogP contribution in [0.2, 0.25) is 0 Å². The molecule has 0 radical (unpaired) electrons. The number of Topliss-reactive ketones (excluding diaryl/α,β-unsaturated/α-hetero) is 1. The third-order valence-electron chi connectivity index (χ3n) is 7.66. The first kappa shape index (κ1) is 22.3. The van der Waals surface area contributed by atoms with Crippen molar-refractivity contribution in [3.8, 4) is 11.5 Å². The highest BCUT2D eigenvalue weighted by Gasteiger charge is 2.56. The molecule has 7 heteroatoms. The zero-order valence-corrected chi connectivity index (χ0v) is 19.5. The van der Waals surface area contributed by atoms with Crippen molar-refractivity contribution >= 4 is 23.4 Å². The highest BCUT2D eigenvalue weighted by atomic mass is 16.5. The van der Waals surface area contributed by atoms with Crippen LogP contribution in [0.15, 0.2) is 52.6 Å². The largest absolute Gasteiger partial charge is 0.504 e. The maximum absolute atomic E-state index is 13.4. The number of carbonyl (C=O) groups excluding carboxylic acids is 4. The molecule has 1 fully saturated rings. The summed E-state index contributed by atoms with van der Waals surface area (Å²) in [6.07, 6.45) is 4.60. The smallest absolute Gasteiger partial charge is 0.233 e. The summed E-state index contributed by atoms with van der Waals surface area (Å²) in [6.45, 7) is 3.91. The van der Waals surface area contributed by atoms with Gasteiger partial charge in [-0.2, -0.15) is 0 Å². The fourth-order valence-corrected chi connectivity index (χ4v) is 6.16. The molecular formula is C27H27NO6. The van der Waals surface area contributed by atoms with Gasteiger partial charge in [-0.05, 0) is 44.2 Å². The molecule has 7 nitrogen and oxygen atoms in total. The van der Waals surface area contributed by atoms with E-state index in [0.29, 0.717) is 41.7 Å². The molecule has 1 aliphatic heterocycles. The van der Waals surface area contributed by atoms with Gasteiger partial charge >= 0.3 is 0 Å². The number of methoxy groups -OCH3 is 1. The molecule has 0 bridgehead atoms. The van der Waals surface area contributed by atoms with Gasteiger partial charge in [-0.15, -0.1) is 0 Å². The Morgan fingerprint density at radius 1 is 1.12 bits per heavy atom. The van der Waals surface area contributed by atoms with Gasteiger partial charge in [-0.3, -0.25) is 24.1 Å². The number of imide groups is 1. The van der Waals surface area contributed by atoms with Gasteiger partial charge in [0.25, 0.3) is 0 Å². The van der Waals surface area contributed by atoms with Crippen LogP contribution in [0, 0.1) is 17.8 Å². The second kappa shape index (κ2) is 8.08. The van der Waals surface area contributed by atoms with Crippen molar-refractivity contribution in [3.05, 3.63) is 58.2 Å². The van der Waals surface area contributed by atoms with Crippen molar-refractivity contribution < 1.29 is 29.0 Å². The molecule has 1 aromatic carbocycles. The summed E-state index contributed by atoms with van der Waals surface area (Å²) in [5.74, 6) is -2.78. The SMILES string of the molecule is CCCN1C(=O)[C@H]2[C@H](CC=C3[C@H](c4cccc(OC)c4O)C4=C(C[C@H]32)C(=O)C=C(C)C4=O)C1=O. The predicted octanol–water partition coefficient (Wildman–Crippen LogP) is 3.24. The van der Waals surface area contributed by atoms with Crippen molar-refractivity contribution in [2.24, 2.45) is 17.8 Å². The average molecular weight is 462 g/mol. The molecule has 1 heterocycles. The van der Waals surface area contributed by atoms with Crippen LogP contribution in [0.1, 0.15) is 44.6 Å². The molecule has 4 aliphatic rings. The second-order valence-corrected chi connectivity index (χ2v) is 9.45. The molecular weight excluding hydrogens is 434 g/mol. The monoisotopic (exact) mass is 461 g/mol. The Balaban J connectivity index is 1.70. The van der Waals surface area contributed by atoms with Crippen LogP contribution in [0.5, 0.6) is 11.5 Å². The van der Waals surface area contributed by atoms with Crippen LogP contribution in [0.25, 0.3) is 0 Å². The lowest BCUT2D eigenvalue weighted by Gasteiger charge is -2.42. The minimum Gasteiger partial charge on any atom is -0.504 e. The first-order valence-corrected chi connectivity index (χ1v) is 11.7. The number of aromatic hydroxyl groups is 1. The number of phenolic OH excluding ortho intramolecular Hbond substituents is 1. The Morgan fingerprint density at radius 2 is 1.88 bits per heavy atom. The number of fused-ring (bicyclic) bond motifs is 3. The van der Waals surface area contributed by atoms with E-state index in [4.69, 9.17) is 4.74 Å². The normalized spacial score (nSPS) is 28.4. The molecule has 0 unspecified atom stereocenters. The summed E-state index contributed by atoms with van der Waals surface area (Å²) in [6, 6.07) is 5.08. The average Bonchev–Trinajstić information content (AvgIpc) is 3.07. The molecule has 0 spiro atoms. The van der Waals surface area contributed by atoms with Crippen molar-refractivity contribution in [2.75, 3.05) is 13.7 Å². The van der Waals surface area contributed by atoms with E-state index >= 15 is 0 Å². The number of ether oxygens (including phenoxy) is 1. The van der Waals surface area contributed by atoms with Gasteiger partial charge < -0.3 is 9.84 Å². The summed E-state index contributed by atoms with van der Waals surface area (Å²) in [5, 5.41) is 11.0. The van der Waals surface area contributed by atoms with Gasteiger partial charge in [0, 0.05) is 34.7 Å². The summed E-state index contributed by atoms with van der Waals surface area (Å²) < 4.78 is 5.30. The number of nitrogens with zero attached hydrogens (tertiary/aromatic N) is 1. The van der Waals surface area contributed by atoms with Crippen LogP contribution < -0.4 is 4.74 Å². The number of rotatable bonds is 4. The Kier molecular flexibility index (Phi) is 5.30. The van der Waals surface area contributed by atoms with Crippen LogP contribution in [0.3, 0.4) is 0 Å². The number of hydrogen-bond donors (Lipinski definition) is 1. The van der Waals surface area contributed by atoms with E-state index in [-0.39, 0.29) is 41.3 Å². The van der Waals surface area contributed by atoms with Gasteiger partial charge in [0.15, 0.2) is 23.1 Å². The summed E-state index contributed by atoms with van der Waals surface area (Å²) >= 11 is 0. The van der Waals surface area contributed by atoms with Crippen LogP contribution in [-0.4, -0.2) is 47.0 Å². The lowest BCUT2D eigenvalue weighted by Crippen LogP contribution is -2.39. The zero-order valence-electron chi connectivity index (χ0n) is 19.5. The fourth-order valence-electron chi connectivity index (χ4n) is 6.16. The molecule has 1 aromatic rings. The van der Waals surface area contributed by atoms with Crippen molar-refractivity contribution in [1.29, 1.82) is 0 Å².